The SMILES string of the molecule is CCCCn1cc(CC(=O)NC(CC(C)C)C(=O)OC)c2ccccc21. The summed E-state index contributed by atoms with van der Waals surface area (Å²) in [5, 5.41) is 3.94. The van der Waals surface area contributed by atoms with Gasteiger partial charge in [-0.05, 0) is 30.4 Å². The molecule has 0 aliphatic rings. The van der Waals surface area contributed by atoms with Crippen LogP contribution >= 0.6 is 0 Å². The van der Waals surface area contributed by atoms with Crippen LogP contribution in [-0.4, -0.2) is 29.6 Å². The molecular weight excluding hydrogens is 328 g/mol. The molecule has 26 heavy (non-hydrogen) atoms. The van der Waals surface area contributed by atoms with Crippen LogP contribution in [0.3, 0.4) is 0 Å². The molecule has 5 heteroatoms. The largest absolute Gasteiger partial charge is 0.467 e. The molecule has 5 nitrogen and oxygen atoms in total. The molecule has 0 saturated heterocycles. The highest BCUT2D eigenvalue weighted by Crippen LogP contribution is 2.22. The van der Waals surface area contributed by atoms with Crippen molar-refractivity contribution >= 4 is 22.8 Å². The average molecular weight is 358 g/mol. The molecule has 2 aromatic rings. The number of rotatable bonds is 9. The number of nitrogens with one attached hydrogen (secondary N) is 1. The number of amides is 1. The molecule has 142 valence electrons. The first-order chi connectivity index (χ1) is 12.5. The van der Waals surface area contributed by atoms with Crippen molar-refractivity contribution in [2.75, 3.05) is 7.11 Å². The molecule has 2 rings (SSSR count). The van der Waals surface area contributed by atoms with Crippen LogP contribution in [0.25, 0.3) is 10.9 Å². The Bertz CT molecular complexity index is 749. The van der Waals surface area contributed by atoms with E-state index >= 15 is 0 Å². The van der Waals surface area contributed by atoms with E-state index in [-0.39, 0.29) is 18.2 Å². The summed E-state index contributed by atoms with van der Waals surface area (Å²) in [7, 11) is 1.35. The molecule has 0 radical (unpaired) electrons. The minimum atomic E-state index is -0.596. The van der Waals surface area contributed by atoms with E-state index in [2.05, 4.69) is 29.1 Å². The molecule has 1 N–H and O–H groups in total. The molecule has 0 saturated carbocycles. The zero-order chi connectivity index (χ0) is 19.1. The van der Waals surface area contributed by atoms with Gasteiger partial charge in [0.2, 0.25) is 5.91 Å². The topological polar surface area (TPSA) is 60.3 Å². The van der Waals surface area contributed by atoms with E-state index in [0.717, 1.165) is 35.9 Å². The second-order valence-electron chi connectivity index (χ2n) is 7.17. The Morgan fingerprint density at radius 2 is 1.96 bits per heavy atom. The van der Waals surface area contributed by atoms with Crippen LogP contribution in [0.4, 0.5) is 0 Å². The van der Waals surface area contributed by atoms with Crippen LogP contribution < -0.4 is 5.32 Å². The second kappa shape index (κ2) is 9.41. The van der Waals surface area contributed by atoms with Crippen LogP contribution in [0.2, 0.25) is 0 Å². The maximum Gasteiger partial charge on any atom is 0.328 e. The molecule has 1 aromatic heterocycles. The Balaban J connectivity index is 2.16. The van der Waals surface area contributed by atoms with Gasteiger partial charge in [-0.3, -0.25) is 4.79 Å². The van der Waals surface area contributed by atoms with Gasteiger partial charge in [-0.15, -0.1) is 0 Å². The fourth-order valence-electron chi connectivity index (χ4n) is 3.22. The number of carbonyl (C=O) groups is 2. The van der Waals surface area contributed by atoms with Gasteiger partial charge in [-0.25, -0.2) is 4.79 Å². The molecule has 1 aromatic carbocycles. The highest BCUT2D eigenvalue weighted by atomic mass is 16.5. The van der Waals surface area contributed by atoms with E-state index in [1.165, 1.54) is 7.11 Å². The van der Waals surface area contributed by atoms with Crippen LogP contribution in [0.1, 0.15) is 45.6 Å². The second-order valence-corrected chi connectivity index (χ2v) is 7.17. The molecule has 0 aliphatic heterocycles. The minimum absolute atomic E-state index is 0.153. The lowest BCUT2D eigenvalue weighted by Crippen LogP contribution is -2.43. The van der Waals surface area contributed by atoms with Gasteiger partial charge in [0.05, 0.1) is 13.5 Å². The number of methoxy groups -OCH3 is 1. The predicted molar refractivity (Wildman–Crippen MR) is 104 cm³/mol. The monoisotopic (exact) mass is 358 g/mol. The Kier molecular flexibility index (Phi) is 7.25. The third kappa shape index (κ3) is 5.10. The Labute approximate surface area is 155 Å². The summed E-state index contributed by atoms with van der Waals surface area (Å²) in [6.45, 7) is 7.14. The summed E-state index contributed by atoms with van der Waals surface area (Å²) >= 11 is 0. The molecular formula is C21H30N2O3. The van der Waals surface area contributed by atoms with Crippen molar-refractivity contribution in [3.63, 3.8) is 0 Å². The van der Waals surface area contributed by atoms with E-state index in [0.29, 0.717) is 6.42 Å². The van der Waals surface area contributed by atoms with Crippen LogP contribution in [0.5, 0.6) is 0 Å². The summed E-state index contributed by atoms with van der Waals surface area (Å²) in [6.07, 6.45) is 5.11. The van der Waals surface area contributed by atoms with E-state index in [9.17, 15) is 9.59 Å². The lowest BCUT2D eigenvalue weighted by molar-refractivity contribution is -0.145. The lowest BCUT2D eigenvalue weighted by Gasteiger charge is -2.18. The molecule has 0 aliphatic carbocycles. The Morgan fingerprint density at radius 3 is 2.62 bits per heavy atom. The van der Waals surface area contributed by atoms with Crippen LogP contribution in [0, 0.1) is 5.92 Å². The number of hydrogen-bond acceptors (Lipinski definition) is 3. The highest BCUT2D eigenvalue weighted by molar-refractivity contribution is 5.91. The number of nitrogens with zero attached hydrogens (tertiary/aromatic N) is 1. The number of aromatic nitrogens is 1. The molecule has 1 unspecified atom stereocenters. The van der Waals surface area contributed by atoms with Crippen molar-refractivity contribution in [1.82, 2.24) is 9.88 Å². The molecule has 0 spiro atoms. The number of hydrogen-bond donors (Lipinski definition) is 1. The van der Waals surface area contributed by atoms with Crippen molar-refractivity contribution in [2.45, 2.75) is 59.0 Å². The molecule has 1 heterocycles. The first-order valence-corrected chi connectivity index (χ1v) is 9.40. The average Bonchev–Trinajstić information content (AvgIpc) is 2.96. The number of aryl methyl sites for hydroxylation is 1. The van der Waals surface area contributed by atoms with Crippen molar-refractivity contribution in [1.29, 1.82) is 0 Å². The molecule has 0 fully saturated rings. The summed E-state index contributed by atoms with van der Waals surface area (Å²) in [6, 6.07) is 7.55. The van der Waals surface area contributed by atoms with Crippen LogP contribution in [-0.2, 0) is 27.3 Å². The fraction of sp³-hybridized carbons (Fsp3) is 0.524. The fourth-order valence-corrected chi connectivity index (χ4v) is 3.22. The highest BCUT2D eigenvalue weighted by Gasteiger charge is 2.23. The van der Waals surface area contributed by atoms with Gasteiger partial charge in [0, 0.05) is 23.6 Å². The van der Waals surface area contributed by atoms with Gasteiger partial charge >= 0.3 is 5.97 Å². The minimum Gasteiger partial charge on any atom is -0.467 e. The molecule has 1 atom stereocenters. The third-order valence-electron chi connectivity index (χ3n) is 4.50. The van der Waals surface area contributed by atoms with Gasteiger partial charge in [0.15, 0.2) is 0 Å². The number of benzene rings is 1. The van der Waals surface area contributed by atoms with E-state index in [1.54, 1.807) is 0 Å². The van der Waals surface area contributed by atoms with Crippen molar-refractivity contribution < 1.29 is 14.3 Å². The summed E-state index contributed by atoms with van der Waals surface area (Å²) in [4.78, 5) is 24.5. The maximum absolute atomic E-state index is 12.6. The smallest absolute Gasteiger partial charge is 0.328 e. The van der Waals surface area contributed by atoms with E-state index in [4.69, 9.17) is 4.74 Å². The third-order valence-corrected chi connectivity index (χ3v) is 4.50. The normalized spacial score (nSPS) is 12.3. The zero-order valence-electron chi connectivity index (χ0n) is 16.2. The van der Waals surface area contributed by atoms with Crippen molar-refractivity contribution in [2.24, 2.45) is 5.92 Å². The first kappa shape index (κ1) is 20.0. The van der Waals surface area contributed by atoms with Gasteiger partial charge in [0.1, 0.15) is 6.04 Å². The zero-order valence-corrected chi connectivity index (χ0v) is 16.2. The number of esters is 1. The summed E-state index contributed by atoms with van der Waals surface area (Å²) in [5.74, 6) is -0.257. The van der Waals surface area contributed by atoms with Gasteiger partial charge in [-0.2, -0.15) is 0 Å². The number of ether oxygens (including phenoxy) is 1. The summed E-state index contributed by atoms with van der Waals surface area (Å²) in [5.41, 5.74) is 2.14. The predicted octanol–water partition coefficient (Wildman–Crippen LogP) is 3.69. The molecule has 1 amide bonds. The quantitative estimate of drug-likeness (QED) is 0.696. The van der Waals surface area contributed by atoms with E-state index < -0.39 is 12.0 Å². The lowest BCUT2D eigenvalue weighted by atomic mass is 10.0. The maximum atomic E-state index is 12.6. The number of para-hydroxylation sites is 1. The Hall–Kier alpha value is -2.30. The van der Waals surface area contributed by atoms with Gasteiger partial charge in [0.25, 0.3) is 0 Å². The van der Waals surface area contributed by atoms with Crippen molar-refractivity contribution in [3.8, 4) is 0 Å². The number of fused-ring (bicyclic) bond motifs is 1. The first-order valence-electron chi connectivity index (χ1n) is 9.40. The number of carbonyl (C=O) groups excluding carboxylic acids is 2. The van der Waals surface area contributed by atoms with Gasteiger partial charge in [-0.1, -0.05) is 45.4 Å². The summed E-state index contributed by atoms with van der Waals surface area (Å²) < 4.78 is 7.04. The van der Waals surface area contributed by atoms with Gasteiger partial charge < -0.3 is 14.6 Å². The van der Waals surface area contributed by atoms with Crippen LogP contribution in [0.15, 0.2) is 30.5 Å². The van der Waals surface area contributed by atoms with E-state index in [1.807, 2.05) is 32.0 Å². The standard InChI is InChI=1S/C21H30N2O3/c1-5-6-11-23-14-16(17-9-7-8-10-19(17)23)13-20(24)22-18(12-15(2)3)21(25)26-4/h7-10,14-15,18H,5-6,11-13H2,1-4H3,(H,22,24). The Morgan fingerprint density at radius 1 is 1.23 bits per heavy atom. The molecule has 0 bridgehead atoms. The van der Waals surface area contributed by atoms with Crippen molar-refractivity contribution in [3.05, 3.63) is 36.0 Å². The number of unbranched alkanes of at least 4 members (excludes halogenated alkanes) is 1.